The average Bonchev–Trinajstić information content (AvgIpc) is 2.47. The van der Waals surface area contributed by atoms with Crippen LogP contribution in [0.25, 0.3) is 0 Å². The van der Waals surface area contributed by atoms with Crippen molar-refractivity contribution >= 4 is 16.3 Å². The maximum Gasteiger partial charge on any atom is 0 e. The van der Waals surface area contributed by atoms with Gasteiger partial charge in [0.15, 0.2) is 0 Å². The summed E-state index contributed by atoms with van der Waals surface area (Å²) in [6.45, 7) is 9.63. The van der Waals surface area contributed by atoms with Crippen molar-refractivity contribution in [2.45, 2.75) is 65.0 Å². The minimum Gasteiger partial charge on any atom is -0.103 e. The molecule has 0 spiro atoms. The lowest BCUT2D eigenvalue weighted by Crippen LogP contribution is -2.20. The van der Waals surface area contributed by atoms with Crippen LogP contribution in [0.15, 0.2) is 30.3 Å². The second-order valence-electron chi connectivity index (χ2n) is 7.66. The van der Waals surface area contributed by atoms with Crippen LogP contribution in [0.1, 0.15) is 64.9 Å². The van der Waals surface area contributed by atoms with Crippen LogP contribution >= 0.6 is 7.92 Å². The molecule has 2 rings (SSSR count). The lowest BCUT2D eigenvalue weighted by molar-refractivity contribution is 0.447. The van der Waals surface area contributed by atoms with E-state index in [2.05, 4.69) is 58.0 Å². The monoisotopic (exact) mass is 315 g/mol. The smallest absolute Gasteiger partial charge is 0 e. The van der Waals surface area contributed by atoms with E-state index in [0.717, 1.165) is 23.4 Å². The predicted molar refractivity (Wildman–Crippen MR) is 104 cm³/mol. The zero-order valence-electron chi connectivity index (χ0n) is 15.0. The van der Waals surface area contributed by atoms with Crippen LogP contribution < -0.4 is 0 Å². The van der Waals surface area contributed by atoms with Gasteiger partial charge < -0.3 is 0 Å². The molecule has 1 fully saturated rings. The summed E-state index contributed by atoms with van der Waals surface area (Å²) in [6.07, 6.45) is 8.78. The van der Waals surface area contributed by atoms with Gasteiger partial charge in [-0.15, -0.1) is 7.92 Å². The van der Waals surface area contributed by atoms with Crippen molar-refractivity contribution < 1.29 is 0 Å². The first-order chi connectivity index (χ1) is 10.1. The molecule has 0 aromatic heterocycles. The van der Waals surface area contributed by atoms with Gasteiger partial charge in [0, 0.05) is 8.41 Å². The van der Waals surface area contributed by atoms with Gasteiger partial charge in [0.1, 0.15) is 0 Å². The quantitative estimate of drug-likeness (QED) is 0.438. The van der Waals surface area contributed by atoms with Crippen molar-refractivity contribution in [1.82, 2.24) is 0 Å². The average molecular weight is 315 g/mol. The molecule has 0 unspecified atom stereocenters. The largest absolute Gasteiger partial charge is 0.103 e. The topological polar surface area (TPSA) is 0 Å². The van der Waals surface area contributed by atoms with Crippen molar-refractivity contribution in [3.05, 3.63) is 35.9 Å². The number of hydrogen-bond acceptors (Lipinski definition) is 0. The third-order valence-electron chi connectivity index (χ3n) is 4.68. The maximum absolute atomic E-state index is 2.41. The zero-order chi connectivity index (χ0) is 15.2. The van der Waals surface area contributed by atoms with Gasteiger partial charge in [-0.25, -0.2) is 0 Å². The number of benzene rings is 1. The van der Waals surface area contributed by atoms with Crippen LogP contribution in [0.4, 0.5) is 0 Å². The van der Waals surface area contributed by atoms with Gasteiger partial charge in [-0.2, -0.15) is 0 Å². The van der Waals surface area contributed by atoms with Crippen LogP contribution in [-0.2, 0) is 0 Å². The van der Waals surface area contributed by atoms with Gasteiger partial charge in [-0.05, 0) is 67.0 Å². The van der Waals surface area contributed by atoms with Gasteiger partial charge in [0.2, 0.25) is 0 Å². The molecule has 0 saturated heterocycles. The Balaban J connectivity index is 0.00000242. The second-order valence-corrected chi connectivity index (χ2v) is 10.3. The Morgan fingerprint density at radius 1 is 0.864 bits per heavy atom. The van der Waals surface area contributed by atoms with Crippen LogP contribution in [0.3, 0.4) is 0 Å². The zero-order valence-corrected chi connectivity index (χ0v) is 15.9. The molecule has 0 nitrogen and oxygen atoms in total. The molecule has 22 heavy (non-hydrogen) atoms. The molecular weight excluding hydrogens is 282 g/mol. The molecule has 0 aliphatic heterocycles. The second kappa shape index (κ2) is 9.76. The Kier molecular flexibility index (Phi) is 8.77. The Labute approximate surface area is 141 Å². The van der Waals surface area contributed by atoms with Crippen LogP contribution in [0, 0.1) is 11.8 Å². The summed E-state index contributed by atoms with van der Waals surface area (Å²) in [4.78, 5) is 0. The first-order valence-electron chi connectivity index (χ1n) is 8.85. The van der Waals surface area contributed by atoms with Crippen molar-refractivity contribution in [3.8, 4) is 0 Å². The molecule has 1 aliphatic rings. The molecule has 0 heterocycles. The Morgan fingerprint density at radius 2 is 1.36 bits per heavy atom. The van der Waals surface area contributed by atoms with Crippen molar-refractivity contribution in [2.24, 2.45) is 11.8 Å². The fourth-order valence-electron chi connectivity index (χ4n) is 3.81. The summed E-state index contributed by atoms with van der Waals surface area (Å²) in [5.41, 5.74) is 2.62. The number of rotatable bonds is 6. The molecule has 0 bridgehead atoms. The van der Waals surface area contributed by atoms with Crippen LogP contribution in [-0.4, -0.2) is 26.4 Å². The Bertz CT molecular complexity index is 383. The third kappa shape index (κ3) is 6.07. The van der Waals surface area contributed by atoms with Gasteiger partial charge in [-0.1, -0.05) is 58.0 Å². The number of hydrogen-bond donors (Lipinski definition) is 0. The molecular formula is C20H33BP. The van der Waals surface area contributed by atoms with E-state index < -0.39 is 0 Å². The molecule has 0 N–H and O–H groups in total. The van der Waals surface area contributed by atoms with Crippen LogP contribution in [0.5, 0.6) is 0 Å². The molecule has 2 heteroatoms. The first kappa shape index (κ1) is 19.8. The highest BCUT2D eigenvalue weighted by Gasteiger charge is 2.28. The summed E-state index contributed by atoms with van der Waals surface area (Å²) >= 11 is 0. The van der Waals surface area contributed by atoms with Crippen molar-refractivity contribution in [1.29, 1.82) is 0 Å². The van der Waals surface area contributed by atoms with E-state index in [0.29, 0.717) is 0 Å². The molecule has 3 radical (unpaired) electrons. The summed E-state index contributed by atoms with van der Waals surface area (Å²) in [5.74, 6) is 2.58. The summed E-state index contributed by atoms with van der Waals surface area (Å²) < 4.78 is 0. The highest BCUT2D eigenvalue weighted by Crippen LogP contribution is 2.52. The highest BCUT2D eigenvalue weighted by molar-refractivity contribution is 7.58. The van der Waals surface area contributed by atoms with E-state index in [1.807, 2.05) is 0 Å². The fourth-order valence-corrected chi connectivity index (χ4v) is 7.46. The van der Waals surface area contributed by atoms with E-state index in [9.17, 15) is 0 Å². The van der Waals surface area contributed by atoms with E-state index in [1.54, 1.807) is 5.56 Å². The van der Waals surface area contributed by atoms with E-state index in [-0.39, 0.29) is 16.3 Å². The summed E-state index contributed by atoms with van der Waals surface area (Å²) in [5, 5.41) is 0. The molecule has 1 aromatic carbocycles. The molecule has 0 amide bonds. The molecule has 0 atom stereocenters. The normalized spacial score (nSPS) is 22.1. The van der Waals surface area contributed by atoms with E-state index >= 15 is 0 Å². The Morgan fingerprint density at radius 3 is 1.82 bits per heavy atom. The molecule has 1 aromatic rings. The minimum absolute atomic E-state index is 0. The standard InChI is InChI=1S/C20H33P.B/c1-16(2)14-21(15-17(3)4)20-12-10-19(11-13-20)18-8-6-5-7-9-18;/h5-9,16-17,19-20H,10-15H2,1-4H3;. The SMILES string of the molecule is CC(C)CP(CC(C)C)C1CCC(c2ccccc2)CC1.[B]. The summed E-state index contributed by atoms with van der Waals surface area (Å²) in [7, 11) is 0.254. The van der Waals surface area contributed by atoms with Crippen molar-refractivity contribution in [2.75, 3.05) is 12.3 Å². The Hall–Kier alpha value is -0.285. The maximum atomic E-state index is 2.41. The predicted octanol–water partition coefficient (Wildman–Crippen LogP) is 6.13. The summed E-state index contributed by atoms with van der Waals surface area (Å²) in [6, 6.07) is 11.2. The van der Waals surface area contributed by atoms with Gasteiger partial charge in [-0.3, -0.25) is 0 Å². The fraction of sp³-hybridized carbons (Fsp3) is 0.700. The van der Waals surface area contributed by atoms with Gasteiger partial charge in [0.25, 0.3) is 0 Å². The van der Waals surface area contributed by atoms with Gasteiger partial charge >= 0.3 is 0 Å². The lowest BCUT2D eigenvalue weighted by Gasteiger charge is -2.36. The molecule has 1 saturated carbocycles. The van der Waals surface area contributed by atoms with Gasteiger partial charge in [0.05, 0.1) is 0 Å². The molecule has 1 aliphatic carbocycles. The van der Waals surface area contributed by atoms with E-state index in [1.165, 1.54) is 38.0 Å². The third-order valence-corrected chi connectivity index (χ3v) is 8.63. The molecule has 121 valence electrons. The van der Waals surface area contributed by atoms with E-state index in [4.69, 9.17) is 0 Å². The first-order valence-corrected chi connectivity index (χ1v) is 10.6. The lowest BCUT2D eigenvalue weighted by atomic mass is 9.84. The van der Waals surface area contributed by atoms with Crippen LogP contribution in [0.2, 0.25) is 0 Å². The minimum atomic E-state index is 0. The van der Waals surface area contributed by atoms with Crippen molar-refractivity contribution in [3.63, 3.8) is 0 Å². The highest BCUT2D eigenvalue weighted by atomic mass is 31.1.